The maximum Gasteiger partial charge on any atom is 0.185 e. The van der Waals surface area contributed by atoms with Crippen molar-refractivity contribution in [2.45, 2.75) is 18.9 Å². The van der Waals surface area contributed by atoms with Crippen molar-refractivity contribution in [1.82, 2.24) is 0 Å². The van der Waals surface area contributed by atoms with Gasteiger partial charge in [0.1, 0.15) is 5.76 Å². The summed E-state index contributed by atoms with van der Waals surface area (Å²) in [6.07, 6.45) is 3.18. The number of benzene rings is 1. The number of rotatable bonds is 4. The van der Waals surface area contributed by atoms with Crippen molar-refractivity contribution in [2.75, 3.05) is 5.32 Å². The Morgan fingerprint density at radius 3 is 2.71 bits per heavy atom. The molecule has 1 aliphatic rings. The Morgan fingerprint density at radius 1 is 1.18 bits per heavy atom. The second-order valence-electron chi connectivity index (χ2n) is 4.28. The van der Waals surface area contributed by atoms with Gasteiger partial charge in [0, 0.05) is 17.3 Å². The van der Waals surface area contributed by atoms with Crippen molar-refractivity contribution >= 4 is 12.0 Å². The lowest BCUT2D eigenvalue weighted by Crippen LogP contribution is -2.01. The predicted octanol–water partition coefficient (Wildman–Crippen LogP) is 3.33. The molecule has 1 aromatic carbocycles. The van der Waals surface area contributed by atoms with E-state index in [0.717, 1.165) is 23.3 Å². The first-order valence-corrected chi connectivity index (χ1v) is 5.78. The predicted molar refractivity (Wildman–Crippen MR) is 66.2 cm³/mol. The number of hydrogen-bond donors (Lipinski definition) is 1. The van der Waals surface area contributed by atoms with Gasteiger partial charge in [-0.2, -0.15) is 0 Å². The van der Waals surface area contributed by atoms with E-state index < -0.39 is 0 Å². The molecule has 0 radical (unpaired) electrons. The third-order valence-corrected chi connectivity index (χ3v) is 2.87. The summed E-state index contributed by atoms with van der Waals surface area (Å²) >= 11 is 0. The van der Waals surface area contributed by atoms with E-state index in [2.05, 4.69) is 5.32 Å². The van der Waals surface area contributed by atoms with Crippen LogP contribution in [0.25, 0.3) is 11.3 Å². The monoisotopic (exact) mass is 227 g/mol. The highest BCUT2D eigenvalue weighted by Crippen LogP contribution is 2.33. The summed E-state index contributed by atoms with van der Waals surface area (Å²) < 4.78 is 5.45. The number of para-hydroxylation sites is 1. The molecule has 0 amide bonds. The first-order chi connectivity index (χ1) is 8.36. The molecule has 1 aromatic heterocycles. The molecule has 1 N–H and O–H groups in total. The molecule has 0 bridgehead atoms. The summed E-state index contributed by atoms with van der Waals surface area (Å²) in [5.74, 6) is 1.09. The van der Waals surface area contributed by atoms with Crippen LogP contribution in [-0.4, -0.2) is 12.3 Å². The van der Waals surface area contributed by atoms with E-state index in [1.165, 1.54) is 12.8 Å². The molecular formula is C14H13NO2. The van der Waals surface area contributed by atoms with Crippen LogP contribution < -0.4 is 5.32 Å². The van der Waals surface area contributed by atoms with E-state index in [0.29, 0.717) is 11.8 Å². The molecule has 1 heterocycles. The van der Waals surface area contributed by atoms with Gasteiger partial charge in [-0.15, -0.1) is 0 Å². The molecule has 2 aromatic rings. The molecule has 3 rings (SSSR count). The number of furan rings is 1. The molecule has 1 saturated carbocycles. The Labute approximate surface area is 99.4 Å². The third kappa shape index (κ3) is 2.09. The van der Waals surface area contributed by atoms with Crippen molar-refractivity contribution in [1.29, 1.82) is 0 Å². The van der Waals surface area contributed by atoms with Crippen LogP contribution in [0, 0.1) is 0 Å². The van der Waals surface area contributed by atoms with Crippen molar-refractivity contribution in [2.24, 2.45) is 0 Å². The first kappa shape index (κ1) is 10.1. The van der Waals surface area contributed by atoms with Gasteiger partial charge >= 0.3 is 0 Å². The third-order valence-electron chi connectivity index (χ3n) is 2.87. The zero-order valence-electron chi connectivity index (χ0n) is 9.35. The van der Waals surface area contributed by atoms with E-state index in [9.17, 15) is 4.79 Å². The molecule has 1 fully saturated rings. The van der Waals surface area contributed by atoms with E-state index in [1.807, 2.05) is 30.3 Å². The Kier molecular flexibility index (Phi) is 2.44. The Bertz CT molecular complexity index is 541. The van der Waals surface area contributed by atoms with Gasteiger partial charge in [0.15, 0.2) is 12.0 Å². The summed E-state index contributed by atoms with van der Waals surface area (Å²) in [5, 5.41) is 3.46. The van der Waals surface area contributed by atoms with E-state index in [-0.39, 0.29) is 0 Å². The second kappa shape index (κ2) is 4.09. The highest BCUT2D eigenvalue weighted by atomic mass is 16.3. The van der Waals surface area contributed by atoms with Gasteiger partial charge in [-0.25, -0.2) is 0 Å². The van der Waals surface area contributed by atoms with Crippen molar-refractivity contribution in [3.05, 3.63) is 42.2 Å². The van der Waals surface area contributed by atoms with E-state index in [4.69, 9.17) is 4.42 Å². The zero-order chi connectivity index (χ0) is 11.7. The molecule has 17 heavy (non-hydrogen) atoms. The standard InChI is InChI=1S/C14H13NO2/c16-9-11-7-8-14(17-11)12-3-1-2-4-13(12)15-10-5-6-10/h1-4,7-10,15H,5-6H2. The molecule has 0 saturated heterocycles. The quantitative estimate of drug-likeness (QED) is 0.814. The van der Waals surface area contributed by atoms with Crippen LogP contribution in [0.5, 0.6) is 0 Å². The van der Waals surface area contributed by atoms with E-state index >= 15 is 0 Å². The number of carbonyl (C=O) groups is 1. The summed E-state index contributed by atoms with van der Waals surface area (Å²) in [4.78, 5) is 10.6. The largest absolute Gasteiger partial charge is 0.453 e. The summed E-state index contributed by atoms with van der Waals surface area (Å²) in [7, 11) is 0. The lowest BCUT2D eigenvalue weighted by molar-refractivity contribution is 0.110. The van der Waals surface area contributed by atoms with Crippen LogP contribution in [-0.2, 0) is 0 Å². The molecule has 0 aliphatic heterocycles. The van der Waals surface area contributed by atoms with Gasteiger partial charge in [0.2, 0.25) is 0 Å². The molecule has 0 spiro atoms. The van der Waals surface area contributed by atoms with Crippen LogP contribution in [0.1, 0.15) is 23.4 Å². The summed E-state index contributed by atoms with van der Waals surface area (Å²) in [6.45, 7) is 0. The van der Waals surface area contributed by atoms with Gasteiger partial charge in [-0.1, -0.05) is 12.1 Å². The van der Waals surface area contributed by atoms with Gasteiger partial charge in [-0.3, -0.25) is 4.79 Å². The van der Waals surface area contributed by atoms with Crippen LogP contribution in [0.15, 0.2) is 40.8 Å². The number of hydrogen-bond acceptors (Lipinski definition) is 3. The van der Waals surface area contributed by atoms with Crippen LogP contribution >= 0.6 is 0 Å². The topological polar surface area (TPSA) is 42.2 Å². The van der Waals surface area contributed by atoms with Crippen LogP contribution in [0.3, 0.4) is 0 Å². The molecule has 3 nitrogen and oxygen atoms in total. The zero-order valence-corrected chi connectivity index (χ0v) is 9.35. The minimum absolute atomic E-state index is 0.362. The molecule has 1 aliphatic carbocycles. The lowest BCUT2D eigenvalue weighted by Gasteiger charge is -2.09. The smallest absolute Gasteiger partial charge is 0.185 e. The van der Waals surface area contributed by atoms with Crippen LogP contribution in [0.2, 0.25) is 0 Å². The molecule has 3 heteroatoms. The van der Waals surface area contributed by atoms with E-state index in [1.54, 1.807) is 6.07 Å². The fourth-order valence-electron chi connectivity index (χ4n) is 1.83. The molecule has 86 valence electrons. The number of aldehydes is 1. The Morgan fingerprint density at radius 2 is 2.00 bits per heavy atom. The normalized spacial score (nSPS) is 14.6. The Hall–Kier alpha value is -2.03. The number of anilines is 1. The van der Waals surface area contributed by atoms with Gasteiger partial charge in [0.25, 0.3) is 0 Å². The first-order valence-electron chi connectivity index (χ1n) is 5.78. The van der Waals surface area contributed by atoms with Crippen LogP contribution in [0.4, 0.5) is 5.69 Å². The van der Waals surface area contributed by atoms with Crippen molar-refractivity contribution < 1.29 is 9.21 Å². The minimum atomic E-state index is 0.362. The van der Waals surface area contributed by atoms with Crippen molar-refractivity contribution in [3.8, 4) is 11.3 Å². The summed E-state index contributed by atoms with van der Waals surface area (Å²) in [5.41, 5.74) is 2.08. The highest BCUT2D eigenvalue weighted by molar-refractivity contribution is 5.78. The minimum Gasteiger partial charge on any atom is -0.453 e. The molecule has 0 atom stereocenters. The summed E-state index contributed by atoms with van der Waals surface area (Å²) in [6, 6.07) is 12.1. The SMILES string of the molecule is O=Cc1ccc(-c2ccccc2NC2CC2)o1. The average molecular weight is 227 g/mol. The molecular weight excluding hydrogens is 214 g/mol. The maximum absolute atomic E-state index is 10.6. The van der Waals surface area contributed by atoms with Gasteiger partial charge in [0.05, 0.1) is 0 Å². The highest BCUT2D eigenvalue weighted by Gasteiger charge is 2.22. The second-order valence-corrected chi connectivity index (χ2v) is 4.28. The Balaban J connectivity index is 1.97. The van der Waals surface area contributed by atoms with Gasteiger partial charge in [-0.05, 0) is 37.1 Å². The fraction of sp³-hybridized carbons (Fsp3) is 0.214. The van der Waals surface area contributed by atoms with Crippen molar-refractivity contribution in [3.63, 3.8) is 0 Å². The van der Waals surface area contributed by atoms with Gasteiger partial charge < -0.3 is 9.73 Å². The maximum atomic E-state index is 10.6. The number of nitrogens with one attached hydrogen (secondary N) is 1. The number of carbonyl (C=O) groups excluding carboxylic acids is 1. The lowest BCUT2D eigenvalue weighted by atomic mass is 10.1. The fourth-order valence-corrected chi connectivity index (χ4v) is 1.83. The molecule has 0 unspecified atom stereocenters. The average Bonchev–Trinajstić information content (AvgIpc) is 3.05.